The van der Waals surface area contributed by atoms with Crippen molar-refractivity contribution in [1.82, 2.24) is 0 Å². The van der Waals surface area contributed by atoms with Crippen molar-refractivity contribution in [3.05, 3.63) is 60.7 Å². The van der Waals surface area contributed by atoms with Crippen molar-refractivity contribution in [2.24, 2.45) is 0 Å². The molecule has 15 heavy (non-hydrogen) atoms. The second-order valence-corrected chi connectivity index (χ2v) is 3.65. The molecule has 0 radical (unpaired) electrons. The van der Waals surface area contributed by atoms with Crippen molar-refractivity contribution in [2.45, 2.75) is 12.5 Å². The predicted octanol–water partition coefficient (Wildman–Crippen LogP) is 3.45. The molecule has 2 rings (SSSR count). The summed E-state index contributed by atoms with van der Waals surface area (Å²) < 4.78 is 0. The van der Waals surface area contributed by atoms with E-state index in [0.29, 0.717) is 6.42 Å². The van der Waals surface area contributed by atoms with Gasteiger partial charge in [-0.25, -0.2) is 0 Å². The number of rotatable bonds is 3. The number of aliphatic hydroxyl groups excluding tert-OH is 1. The minimum Gasteiger partial charge on any atom is -0.388 e. The number of fused-ring (bicyclic) bond motifs is 1. The molecule has 2 aromatic rings. The smallest absolute Gasteiger partial charge is 0.0824 e. The van der Waals surface area contributed by atoms with Gasteiger partial charge in [0.2, 0.25) is 0 Å². The van der Waals surface area contributed by atoms with Gasteiger partial charge in [0.15, 0.2) is 0 Å². The van der Waals surface area contributed by atoms with Crippen molar-refractivity contribution in [3.8, 4) is 0 Å². The zero-order chi connectivity index (χ0) is 10.7. The molecule has 2 aromatic carbocycles. The molecular formula is C14H14O. The maximum atomic E-state index is 9.81. The van der Waals surface area contributed by atoms with E-state index >= 15 is 0 Å². The summed E-state index contributed by atoms with van der Waals surface area (Å²) in [7, 11) is 0. The number of hydrogen-bond acceptors (Lipinski definition) is 1. The van der Waals surface area contributed by atoms with Crippen LogP contribution >= 0.6 is 0 Å². The van der Waals surface area contributed by atoms with Crippen LogP contribution in [0.5, 0.6) is 0 Å². The van der Waals surface area contributed by atoms with E-state index in [-0.39, 0.29) is 0 Å². The average Bonchev–Trinajstić information content (AvgIpc) is 2.29. The lowest BCUT2D eigenvalue weighted by atomic mass is 10.0. The molecule has 0 spiro atoms. The molecule has 0 aliphatic rings. The maximum absolute atomic E-state index is 9.81. The van der Waals surface area contributed by atoms with E-state index in [4.69, 9.17) is 0 Å². The molecule has 0 saturated carbocycles. The summed E-state index contributed by atoms with van der Waals surface area (Å²) in [5, 5.41) is 12.2. The molecule has 1 nitrogen and oxygen atoms in total. The summed E-state index contributed by atoms with van der Waals surface area (Å²) in [4.78, 5) is 0. The number of benzene rings is 2. The van der Waals surface area contributed by atoms with E-state index in [0.717, 1.165) is 10.9 Å². The summed E-state index contributed by atoms with van der Waals surface area (Å²) in [5.74, 6) is 0. The number of hydrogen-bond donors (Lipinski definition) is 1. The Balaban J connectivity index is 2.42. The first-order valence-corrected chi connectivity index (χ1v) is 5.09. The van der Waals surface area contributed by atoms with Crippen molar-refractivity contribution in [3.63, 3.8) is 0 Å². The van der Waals surface area contributed by atoms with Crippen LogP contribution in [0.4, 0.5) is 0 Å². The van der Waals surface area contributed by atoms with Crippen LogP contribution in [0, 0.1) is 0 Å². The summed E-state index contributed by atoms with van der Waals surface area (Å²) in [6, 6.07) is 14.2. The molecule has 0 fully saturated rings. The van der Waals surface area contributed by atoms with Crippen molar-refractivity contribution < 1.29 is 5.11 Å². The fourth-order valence-electron chi connectivity index (χ4n) is 1.71. The third-order valence-corrected chi connectivity index (χ3v) is 2.55. The van der Waals surface area contributed by atoms with E-state index in [1.165, 1.54) is 5.39 Å². The molecule has 0 aromatic heterocycles. The first-order chi connectivity index (χ1) is 7.31. The van der Waals surface area contributed by atoms with E-state index in [1.54, 1.807) is 6.08 Å². The van der Waals surface area contributed by atoms with Gasteiger partial charge in [0.05, 0.1) is 6.10 Å². The van der Waals surface area contributed by atoms with Gasteiger partial charge >= 0.3 is 0 Å². The van der Waals surface area contributed by atoms with Crippen LogP contribution in [0.1, 0.15) is 18.1 Å². The van der Waals surface area contributed by atoms with E-state index in [9.17, 15) is 5.11 Å². The molecule has 0 heterocycles. The summed E-state index contributed by atoms with van der Waals surface area (Å²) in [5.41, 5.74) is 0.952. The Bertz CT molecular complexity index is 473. The van der Waals surface area contributed by atoms with Crippen molar-refractivity contribution in [1.29, 1.82) is 0 Å². The highest BCUT2D eigenvalue weighted by Crippen LogP contribution is 2.22. The van der Waals surface area contributed by atoms with Crippen molar-refractivity contribution in [2.75, 3.05) is 0 Å². The molecule has 0 saturated heterocycles. The highest BCUT2D eigenvalue weighted by molar-refractivity contribution is 5.83. The Labute approximate surface area is 89.7 Å². The Morgan fingerprint density at radius 1 is 1.13 bits per heavy atom. The van der Waals surface area contributed by atoms with Crippen LogP contribution < -0.4 is 0 Å². The van der Waals surface area contributed by atoms with Crippen LogP contribution in [0.2, 0.25) is 0 Å². The van der Waals surface area contributed by atoms with Gasteiger partial charge in [-0.2, -0.15) is 0 Å². The van der Waals surface area contributed by atoms with E-state index in [1.807, 2.05) is 30.3 Å². The third-order valence-electron chi connectivity index (χ3n) is 2.55. The van der Waals surface area contributed by atoms with Crippen LogP contribution in [-0.4, -0.2) is 5.11 Å². The quantitative estimate of drug-likeness (QED) is 0.749. The van der Waals surface area contributed by atoms with Crippen LogP contribution in [-0.2, 0) is 0 Å². The minimum absolute atomic E-state index is 0.438. The Hall–Kier alpha value is -1.60. The van der Waals surface area contributed by atoms with E-state index in [2.05, 4.69) is 18.7 Å². The summed E-state index contributed by atoms with van der Waals surface area (Å²) in [6.45, 7) is 3.63. The van der Waals surface area contributed by atoms with Crippen molar-refractivity contribution >= 4 is 10.8 Å². The summed E-state index contributed by atoms with van der Waals surface area (Å²) >= 11 is 0. The average molecular weight is 198 g/mol. The number of aliphatic hydroxyl groups is 1. The lowest BCUT2D eigenvalue weighted by Gasteiger charge is -2.09. The molecule has 0 bridgehead atoms. The molecule has 0 aliphatic carbocycles. The zero-order valence-electron chi connectivity index (χ0n) is 8.56. The van der Waals surface area contributed by atoms with Gasteiger partial charge in [0.1, 0.15) is 0 Å². The first kappa shape index (κ1) is 9.94. The molecule has 76 valence electrons. The molecule has 1 N–H and O–H groups in total. The van der Waals surface area contributed by atoms with Gasteiger partial charge in [0, 0.05) is 0 Å². The van der Waals surface area contributed by atoms with Gasteiger partial charge < -0.3 is 5.11 Å². The fraction of sp³-hybridized carbons (Fsp3) is 0.143. The standard InChI is InChI=1S/C14H14O/c1-2-5-14(15)13-9-8-11-6-3-4-7-12(11)10-13/h2-4,6-10,14-15H,1,5H2. The van der Waals surface area contributed by atoms with Crippen LogP contribution in [0.15, 0.2) is 55.1 Å². The topological polar surface area (TPSA) is 20.2 Å². The minimum atomic E-state index is -0.438. The van der Waals surface area contributed by atoms with E-state index < -0.39 is 6.10 Å². The monoisotopic (exact) mass is 198 g/mol. The molecular weight excluding hydrogens is 184 g/mol. The second-order valence-electron chi connectivity index (χ2n) is 3.65. The fourth-order valence-corrected chi connectivity index (χ4v) is 1.71. The third kappa shape index (κ3) is 2.08. The molecule has 1 atom stereocenters. The Morgan fingerprint density at radius 2 is 1.87 bits per heavy atom. The predicted molar refractivity (Wildman–Crippen MR) is 63.7 cm³/mol. The van der Waals surface area contributed by atoms with Crippen LogP contribution in [0.3, 0.4) is 0 Å². The van der Waals surface area contributed by atoms with Gasteiger partial charge in [0.25, 0.3) is 0 Å². The Morgan fingerprint density at radius 3 is 2.60 bits per heavy atom. The highest BCUT2D eigenvalue weighted by Gasteiger charge is 2.05. The first-order valence-electron chi connectivity index (χ1n) is 5.09. The Kier molecular flexibility index (Phi) is 2.84. The maximum Gasteiger partial charge on any atom is 0.0824 e. The van der Waals surface area contributed by atoms with Gasteiger partial charge in [-0.3, -0.25) is 0 Å². The van der Waals surface area contributed by atoms with Gasteiger partial charge in [-0.05, 0) is 28.8 Å². The highest BCUT2D eigenvalue weighted by atomic mass is 16.3. The lowest BCUT2D eigenvalue weighted by molar-refractivity contribution is 0.182. The summed E-state index contributed by atoms with van der Waals surface area (Å²) in [6.07, 6.45) is 1.89. The van der Waals surface area contributed by atoms with Crippen LogP contribution in [0.25, 0.3) is 10.8 Å². The molecule has 1 unspecified atom stereocenters. The lowest BCUT2D eigenvalue weighted by Crippen LogP contribution is -1.94. The zero-order valence-corrected chi connectivity index (χ0v) is 8.56. The van der Waals surface area contributed by atoms with Gasteiger partial charge in [-0.15, -0.1) is 6.58 Å². The second kappa shape index (κ2) is 4.28. The molecule has 0 aliphatic heterocycles. The SMILES string of the molecule is C=CCC(O)c1ccc2ccccc2c1. The molecule has 1 heteroatoms. The van der Waals surface area contributed by atoms with Gasteiger partial charge in [-0.1, -0.05) is 42.5 Å². The molecule has 0 amide bonds. The largest absolute Gasteiger partial charge is 0.388 e. The normalized spacial score (nSPS) is 12.6.